The maximum absolute atomic E-state index is 10.6. The van der Waals surface area contributed by atoms with Gasteiger partial charge in [-0.1, -0.05) is 13.0 Å². The first-order valence-corrected chi connectivity index (χ1v) is 7.36. The number of epoxide rings is 1. The molecule has 4 rings (SSSR count). The van der Waals surface area contributed by atoms with Gasteiger partial charge in [-0.25, -0.2) is 0 Å². The number of hydrogen-bond donors (Lipinski definition) is 3. The lowest BCUT2D eigenvalue weighted by molar-refractivity contribution is -0.232. The molecule has 1 spiro atoms. The number of ether oxygens (including phenoxy) is 2. The summed E-state index contributed by atoms with van der Waals surface area (Å²) in [6.45, 7) is 4.33. The van der Waals surface area contributed by atoms with Gasteiger partial charge >= 0.3 is 0 Å². The van der Waals surface area contributed by atoms with E-state index < -0.39 is 28.6 Å². The van der Waals surface area contributed by atoms with Crippen LogP contribution in [-0.2, 0) is 9.47 Å². The van der Waals surface area contributed by atoms with Crippen molar-refractivity contribution < 1.29 is 24.8 Å². The van der Waals surface area contributed by atoms with E-state index in [9.17, 15) is 15.3 Å². The number of rotatable bonds is 1. The summed E-state index contributed by atoms with van der Waals surface area (Å²) in [5.41, 5.74) is -0.871. The Kier molecular flexibility index (Phi) is 2.41. The van der Waals surface area contributed by atoms with Crippen LogP contribution in [0.2, 0.25) is 0 Å². The molecule has 2 heterocycles. The van der Waals surface area contributed by atoms with E-state index in [-0.39, 0.29) is 18.8 Å². The molecule has 20 heavy (non-hydrogen) atoms. The number of aliphatic hydroxyl groups is 3. The zero-order valence-corrected chi connectivity index (χ0v) is 11.9. The van der Waals surface area contributed by atoms with Gasteiger partial charge in [-0.3, -0.25) is 0 Å². The summed E-state index contributed by atoms with van der Waals surface area (Å²) in [6.07, 6.45) is 1.30. The van der Waals surface area contributed by atoms with Crippen LogP contribution in [0, 0.1) is 10.8 Å². The quantitative estimate of drug-likeness (QED) is 0.465. The Morgan fingerprint density at radius 2 is 2.10 bits per heavy atom. The number of aliphatic hydroxyl groups excluding tert-OH is 3. The second-order valence-corrected chi connectivity index (χ2v) is 7.12. The highest BCUT2D eigenvalue weighted by atomic mass is 16.6. The van der Waals surface area contributed by atoms with Gasteiger partial charge in [0.25, 0.3) is 0 Å². The normalized spacial score (nSPS) is 60.4. The Bertz CT molecular complexity index is 485. The minimum atomic E-state index is -0.686. The highest BCUT2D eigenvalue weighted by Gasteiger charge is 2.81. The fraction of sp³-hybridized carbons (Fsp3) is 0.867. The van der Waals surface area contributed by atoms with Crippen LogP contribution in [0.1, 0.15) is 26.7 Å². The third-order valence-corrected chi connectivity index (χ3v) is 6.63. The molecule has 2 aliphatic heterocycles. The van der Waals surface area contributed by atoms with E-state index in [2.05, 4.69) is 0 Å². The van der Waals surface area contributed by atoms with Crippen molar-refractivity contribution in [3.8, 4) is 0 Å². The molecular weight excluding hydrogens is 260 g/mol. The lowest BCUT2D eigenvalue weighted by Gasteiger charge is -2.58. The molecule has 0 aromatic carbocycles. The predicted molar refractivity (Wildman–Crippen MR) is 70.0 cm³/mol. The molecule has 5 nitrogen and oxygen atoms in total. The van der Waals surface area contributed by atoms with Crippen LogP contribution in [0.25, 0.3) is 0 Å². The minimum Gasteiger partial charge on any atom is -0.396 e. The van der Waals surface area contributed by atoms with Gasteiger partial charge in [0.05, 0.1) is 37.6 Å². The summed E-state index contributed by atoms with van der Waals surface area (Å²) in [5.74, 6) is 0. The lowest BCUT2D eigenvalue weighted by Crippen LogP contribution is -2.67. The Hall–Kier alpha value is -0.460. The zero-order valence-electron chi connectivity index (χ0n) is 11.9. The Labute approximate surface area is 118 Å². The van der Waals surface area contributed by atoms with Crippen molar-refractivity contribution in [3.63, 3.8) is 0 Å². The molecular formula is C15H22O5. The second kappa shape index (κ2) is 3.65. The summed E-state index contributed by atoms with van der Waals surface area (Å²) >= 11 is 0. The molecule has 112 valence electrons. The molecule has 4 aliphatic rings. The topological polar surface area (TPSA) is 82.5 Å². The molecule has 2 aliphatic carbocycles. The zero-order chi connectivity index (χ0) is 14.3. The molecule has 5 heteroatoms. The monoisotopic (exact) mass is 282 g/mol. The summed E-state index contributed by atoms with van der Waals surface area (Å²) in [6, 6.07) is 0. The summed E-state index contributed by atoms with van der Waals surface area (Å²) in [4.78, 5) is 0. The summed E-state index contributed by atoms with van der Waals surface area (Å²) in [5, 5.41) is 31.1. The van der Waals surface area contributed by atoms with E-state index in [1.54, 1.807) is 0 Å². The Morgan fingerprint density at radius 1 is 1.40 bits per heavy atom. The Balaban J connectivity index is 1.90. The first-order chi connectivity index (χ1) is 9.41. The standard InChI is InChI=1S/C15H22O5/c1-8-3-11-14(6-16,5-9(8)17)13(2)10(18)4-12(20-11)15(13)7-19-15/h3,9-12,16-18H,4-7H2,1-2H3/t9-,10+,11+,12+,13+,14+,15-/m0/s1. The second-order valence-electron chi connectivity index (χ2n) is 7.12. The first kappa shape index (κ1) is 13.2. The van der Waals surface area contributed by atoms with Gasteiger partial charge in [0.1, 0.15) is 5.60 Å². The predicted octanol–water partition coefficient (Wildman–Crippen LogP) is -0.0167. The SMILES string of the molecule is CC1=C[C@H]2O[C@@H]3C[C@@H](O)[C@](C)([C@@]2(CO)C[C@@H]1O)[C@]31CO1. The molecule has 2 bridgehead atoms. The van der Waals surface area contributed by atoms with Gasteiger partial charge in [-0.05, 0) is 18.9 Å². The van der Waals surface area contributed by atoms with Gasteiger partial charge in [-0.15, -0.1) is 0 Å². The molecule has 0 unspecified atom stereocenters. The average Bonchev–Trinajstić information content (AvgIpc) is 3.18. The van der Waals surface area contributed by atoms with Gasteiger partial charge < -0.3 is 24.8 Å². The number of fused-ring (bicyclic) bond motifs is 2. The van der Waals surface area contributed by atoms with Crippen LogP contribution in [-0.4, -0.2) is 58.6 Å². The molecule has 2 saturated heterocycles. The Morgan fingerprint density at radius 3 is 2.70 bits per heavy atom. The highest BCUT2D eigenvalue weighted by Crippen LogP contribution is 2.71. The van der Waals surface area contributed by atoms with Crippen LogP contribution >= 0.6 is 0 Å². The van der Waals surface area contributed by atoms with Gasteiger partial charge in [-0.2, -0.15) is 0 Å². The van der Waals surface area contributed by atoms with E-state index in [0.29, 0.717) is 19.4 Å². The number of hydrogen-bond acceptors (Lipinski definition) is 5. The van der Waals surface area contributed by atoms with E-state index in [1.165, 1.54) is 0 Å². The van der Waals surface area contributed by atoms with Crippen molar-refractivity contribution in [3.05, 3.63) is 11.6 Å². The summed E-state index contributed by atoms with van der Waals surface area (Å²) in [7, 11) is 0. The van der Waals surface area contributed by atoms with Crippen molar-refractivity contribution in [2.24, 2.45) is 10.8 Å². The van der Waals surface area contributed by atoms with E-state index in [0.717, 1.165) is 5.57 Å². The van der Waals surface area contributed by atoms with Gasteiger partial charge in [0, 0.05) is 17.3 Å². The fourth-order valence-electron chi connectivity index (χ4n) is 5.03. The van der Waals surface area contributed by atoms with Crippen molar-refractivity contribution in [1.82, 2.24) is 0 Å². The van der Waals surface area contributed by atoms with Crippen molar-refractivity contribution in [2.75, 3.05) is 13.2 Å². The molecule has 0 aromatic heterocycles. The molecule has 0 aromatic rings. The molecule has 7 atom stereocenters. The average molecular weight is 282 g/mol. The third kappa shape index (κ3) is 1.15. The minimum absolute atomic E-state index is 0.119. The first-order valence-electron chi connectivity index (χ1n) is 7.36. The molecule has 3 fully saturated rings. The maximum atomic E-state index is 10.6. The van der Waals surface area contributed by atoms with Crippen molar-refractivity contribution in [2.45, 2.75) is 56.7 Å². The largest absolute Gasteiger partial charge is 0.396 e. The van der Waals surface area contributed by atoms with Crippen LogP contribution in [0.3, 0.4) is 0 Å². The van der Waals surface area contributed by atoms with Gasteiger partial charge in [0.2, 0.25) is 0 Å². The van der Waals surface area contributed by atoms with Crippen molar-refractivity contribution in [1.29, 1.82) is 0 Å². The maximum Gasteiger partial charge on any atom is 0.126 e. The lowest BCUT2D eigenvalue weighted by atomic mass is 9.51. The molecule has 0 amide bonds. The molecule has 1 saturated carbocycles. The van der Waals surface area contributed by atoms with Crippen LogP contribution < -0.4 is 0 Å². The highest BCUT2D eigenvalue weighted by molar-refractivity contribution is 5.33. The van der Waals surface area contributed by atoms with E-state index in [1.807, 2.05) is 19.9 Å². The van der Waals surface area contributed by atoms with Crippen molar-refractivity contribution >= 4 is 0 Å². The van der Waals surface area contributed by atoms with Crippen LogP contribution in [0.15, 0.2) is 11.6 Å². The third-order valence-electron chi connectivity index (χ3n) is 6.63. The summed E-state index contributed by atoms with van der Waals surface area (Å²) < 4.78 is 11.9. The van der Waals surface area contributed by atoms with E-state index in [4.69, 9.17) is 9.47 Å². The molecule has 0 radical (unpaired) electrons. The van der Waals surface area contributed by atoms with Crippen LogP contribution in [0.5, 0.6) is 0 Å². The smallest absolute Gasteiger partial charge is 0.126 e. The van der Waals surface area contributed by atoms with Crippen LogP contribution in [0.4, 0.5) is 0 Å². The van der Waals surface area contributed by atoms with E-state index >= 15 is 0 Å². The molecule has 3 N–H and O–H groups in total. The fourth-order valence-corrected chi connectivity index (χ4v) is 5.03. The van der Waals surface area contributed by atoms with Gasteiger partial charge in [0.15, 0.2) is 0 Å².